The Morgan fingerprint density at radius 3 is 2.73 bits per heavy atom. The van der Waals surface area contributed by atoms with E-state index in [4.69, 9.17) is 0 Å². The first-order valence-electron chi connectivity index (χ1n) is 7.05. The van der Waals surface area contributed by atoms with Crippen LogP contribution in [-0.2, 0) is 19.3 Å². The third-order valence-electron chi connectivity index (χ3n) is 3.57. The van der Waals surface area contributed by atoms with E-state index in [9.17, 15) is 13.2 Å². The van der Waals surface area contributed by atoms with E-state index < -0.39 is 11.7 Å². The Labute approximate surface area is 125 Å². The Bertz CT molecular complexity index is 648. The van der Waals surface area contributed by atoms with Gasteiger partial charge >= 0.3 is 6.18 Å². The Hall–Kier alpha value is -1.96. The molecule has 22 heavy (non-hydrogen) atoms. The van der Waals surface area contributed by atoms with E-state index in [1.54, 1.807) is 6.07 Å². The highest BCUT2D eigenvalue weighted by molar-refractivity contribution is 5.25. The first kappa shape index (κ1) is 15.0. The molecular formula is C14H16F3N5. The van der Waals surface area contributed by atoms with E-state index in [0.717, 1.165) is 24.7 Å². The summed E-state index contributed by atoms with van der Waals surface area (Å²) in [5, 5.41) is 11.6. The number of rotatable bonds is 5. The molecule has 1 saturated carbocycles. The van der Waals surface area contributed by atoms with Crippen molar-refractivity contribution in [2.45, 2.75) is 38.1 Å². The highest BCUT2D eigenvalue weighted by atomic mass is 19.4. The molecule has 0 N–H and O–H groups in total. The number of aromatic nitrogens is 4. The average Bonchev–Trinajstić information content (AvgIpc) is 3.19. The van der Waals surface area contributed by atoms with E-state index in [-0.39, 0.29) is 0 Å². The predicted molar refractivity (Wildman–Crippen MR) is 72.7 cm³/mol. The van der Waals surface area contributed by atoms with Gasteiger partial charge in [-0.15, -0.1) is 5.10 Å². The van der Waals surface area contributed by atoms with Gasteiger partial charge in [0.1, 0.15) is 0 Å². The lowest BCUT2D eigenvalue weighted by molar-refractivity contribution is -0.137. The summed E-state index contributed by atoms with van der Waals surface area (Å²) in [6.07, 6.45) is -2.16. The molecule has 0 aliphatic heterocycles. The molecule has 0 unspecified atom stereocenters. The lowest BCUT2D eigenvalue weighted by atomic mass is 10.1. The summed E-state index contributed by atoms with van der Waals surface area (Å²) in [6.45, 7) is 0.904. The highest BCUT2D eigenvalue weighted by Crippen LogP contribution is 2.34. The molecule has 2 aromatic rings. The van der Waals surface area contributed by atoms with Gasteiger partial charge in [-0.3, -0.25) is 4.90 Å². The van der Waals surface area contributed by atoms with Gasteiger partial charge in [0.15, 0.2) is 5.82 Å². The molecule has 5 nitrogen and oxygen atoms in total. The van der Waals surface area contributed by atoms with E-state index in [0.29, 0.717) is 24.7 Å². The van der Waals surface area contributed by atoms with Crippen LogP contribution in [0.15, 0.2) is 24.3 Å². The Morgan fingerprint density at radius 2 is 2.05 bits per heavy atom. The van der Waals surface area contributed by atoms with Crippen LogP contribution < -0.4 is 0 Å². The largest absolute Gasteiger partial charge is 0.416 e. The fourth-order valence-corrected chi connectivity index (χ4v) is 2.37. The van der Waals surface area contributed by atoms with Gasteiger partial charge in [-0.1, -0.05) is 18.2 Å². The third kappa shape index (κ3) is 3.44. The highest BCUT2D eigenvalue weighted by Gasteiger charge is 2.30. The van der Waals surface area contributed by atoms with E-state index >= 15 is 0 Å². The number of nitrogens with zero attached hydrogens (tertiary/aromatic N) is 5. The quantitative estimate of drug-likeness (QED) is 0.852. The third-order valence-corrected chi connectivity index (χ3v) is 3.57. The standard InChI is InChI=1S/C14H16F3N5/c1-21(9-13-18-19-20-22(13)12-5-6-12)8-10-3-2-4-11(7-10)14(15,16)17/h2-4,7,12H,5-6,8-9H2,1H3. The van der Waals surface area contributed by atoms with Crippen LogP contribution >= 0.6 is 0 Å². The number of benzene rings is 1. The van der Waals surface area contributed by atoms with Crippen molar-refractivity contribution in [2.24, 2.45) is 0 Å². The second-order valence-corrected chi connectivity index (χ2v) is 5.64. The van der Waals surface area contributed by atoms with Crippen molar-refractivity contribution in [3.8, 4) is 0 Å². The van der Waals surface area contributed by atoms with Crippen molar-refractivity contribution < 1.29 is 13.2 Å². The van der Waals surface area contributed by atoms with Gasteiger partial charge < -0.3 is 0 Å². The molecule has 1 aromatic carbocycles. The van der Waals surface area contributed by atoms with Crippen LogP contribution in [0.1, 0.15) is 35.8 Å². The molecule has 1 heterocycles. The summed E-state index contributed by atoms with van der Waals surface area (Å²) in [5.74, 6) is 0.747. The van der Waals surface area contributed by atoms with E-state index in [2.05, 4.69) is 15.5 Å². The van der Waals surface area contributed by atoms with Crippen LogP contribution in [-0.4, -0.2) is 32.2 Å². The van der Waals surface area contributed by atoms with Gasteiger partial charge in [0.05, 0.1) is 18.2 Å². The summed E-state index contributed by atoms with van der Waals surface area (Å²) in [6, 6.07) is 5.76. The minimum absolute atomic E-state index is 0.381. The Kier molecular flexibility index (Phi) is 3.86. The molecule has 1 fully saturated rings. The van der Waals surface area contributed by atoms with E-state index in [1.807, 2.05) is 16.6 Å². The van der Waals surface area contributed by atoms with Crippen molar-refractivity contribution in [1.82, 2.24) is 25.1 Å². The summed E-state index contributed by atoms with van der Waals surface area (Å²) in [5.41, 5.74) is -0.0102. The monoisotopic (exact) mass is 311 g/mol. The fourth-order valence-electron chi connectivity index (χ4n) is 2.37. The first-order valence-corrected chi connectivity index (χ1v) is 7.05. The number of hydrogen-bond donors (Lipinski definition) is 0. The van der Waals surface area contributed by atoms with Crippen LogP contribution in [0.2, 0.25) is 0 Å². The topological polar surface area (TPSA) is 46.8 Å². The summed E-state index contributed by atoms with van der Waals surface area (Å²) >= 11 is 0. The molecule has 3 rings (SSSR count). The van der Waals surface area contributed by atoms with Crippen LogP contribution in [0.4, 0.5) is 13.2 Å². The van der Waals surface area contributed by atoms with Gasteiger partial charge in [-0.2, -0.15) is 13.2 Å². The normalized spacial score (nSPS) is 15.5. The number of alkyl halides is 3. The van der Waals surface area contributed by atoms with Crippen molar-refractivity contribution in [3.05, 3.63) is 41.2 Å². The van der Waals surface area contributed by atoms with Gasteiger partial charge in [-0.25, -0.2) is 4.68 Å². The van der Waals surface area contributed by atoms with Gasteiger partial charge in [-0.05, 0) is 41.9 Å². The zero-order valence-corrected chi connectivity index (χ0v) is 12.1. The van der Waals surface area contributed by atoms with Gasteiger partial charge in [0, 0.05) is 6.54 Å². The zero-order valence-electron chi connectivity index (χ0n) is 12.1. The van der Waals surface area contributed by atoms with E-state index in [1.165, 1.54) is 12.1 Å². The lowest BCUT2D eigenvalue weighted by Crippen LogP contribution is -2.20. The van der Waals surface area contributed by atoms with Crippen molar-refractivity contribution in [2.75, 3.05) is 7.05 Å². The van der Waals surface area contributed by atoms with Crippen molar-refractivity contribution >= 4 is 0 Å². The summed E-state index contributed by atoms with van der Waals surface area (Å²) < 4.78 is 40.0. The Balaban J connectivity index is 1.66. The lowest BCUT2D eigenvalue weighted by Gasteiger charge is -2.17. The first-order chi connectivity index (χ1) is 10.4. The molecule has 0 atom stereocenters. The minimum Gasteiger partial charge on any atom is -0.295 e. The molecule has 0 amide bonds. The predicted octanol–water partition coefficient (Wildman–Crippen LogP) is 2.66. The molecule has 0 spiro atoms. The van der Waals surface area contributed by atoms with Crippen LogP contribution in [0, 0.1) is 0 Å². The average molecular weight is 311 g/mol. The summed E-state index contributed by atoms with van der Waals surface area (Å²) in [7, 11) is 1.84. The second kappa shape index (κ2) is 5.68. The molecule has 118 valence electrons. The number of tetrazole rings is 1. The maximum Gasteiger partial charge on any atom is 0.416 e. The molecule has 1 aliphatic carbocycles. The van der Waals surface area contributed by atoms with Crippen LogP contribution in [0.3, 0.4) is 0 Å². The molecule has 8 heteroatoms. The maximum absolute atomic E-state index is 12.7. The molecule has 0 radical (unpaired) electrons. The Morgan fingerprint density at radius 1 is 1.27 bits per heavy atom. The van der Waals surface area contributed by atoms with Crippen molar-refractivity contribution in [3.63, 3.8) is 0 Å². The van der Waals surface area contributed by atoms with Gasteiger partial charge in [0.2, 0.25) is 0 Å². The number of hydrogen-bond acceptors (Lipinski definition) is 4. The van der Waals surface area contributed by atoms with Crippen molar-refractivity contribution in [1.29, 1.82) is 0 Å². The zero-order chi connectivity index (χ0) is 15.7. The molecule has 0 saturated heterocycles. The van der Waals surface area contributed by atoms with Gasteiger partial charge in [0.25, 0.3) is 0 Å². The molecule has 1 aliphatic rings. The van der Waals surface area contributed by atoms with Crippen LogP contribution in [0.25, 0.3) is 0 Å². The molecular weight excluding hydrogens is 295 g/mol. The maximum atomic E-state index is 12.7. The molecule has 1 aromatic heterocycles. The fraction of sp³-hybridized carbons (Fsp3) is 0.500. The van der Waals surface area contributed by atoms with Crippen LogP contribution in [0.5, 0.6) is 0 Å². The summed E-state index contributed by atoms with van der Waals surface area (Å²) in [4.78, 5) is 1.90. The smallest absolute Gasteiger partial charge is 0.295 e. The minimum atomic E-state index is -4.31. The molecule has 0 bridgehead atoms. The number of halogens is 3. The SMILES string of the molecule is CN(Cc1cccc(C(F)(F)F)c1)Cc1nnnn1C1CC1. The second-order valence-electron chi connectivity index (χ2n) is 5.64.